The van der Waals surface area contributed by atoms with E-state index in [1.54, 1.807) is 0 Å². The Morgan fingerprint density at radius 1 is 1.05 bits per heavy atom. The standard InChI is InChI=1S/C17H25N3/c1-10-3-4-15(18)17(19-10)20(2)16-13-6-11-5-12(8-13)9-14(16)7-11/h3-4,11-14,16H,5-9,18H2,1-2H3. The van der Waals surface area contributed by atoms with Gasteiger partial charge in [-0.15, -0.1) is 0 Å². The van der Waals surface area contributed by atoms with Crippen LogP contribution in [-0.4, -0.2) is 18.1 Å². The Morgan fingerprint density at radius 2 is 1.65 bits per heavy atom. The van der Waals surface area contributed by atoms with Gasteiger partial charge < -0.3 is 10.6 Å². The molecule has 0 radical (unpaired) electrons. The molecular weight excluding hydrogens is 246 g/mol. The van der Waals surface area contributed by atoms with E-state index in [1.165, 1.54) is 32.1 Å². The Labute approximate surface area is 121 Å². The van der Waals surface area contributed by atoms with E-state index in [2.05, 4.69) is 11.9 Å². The van der Waals surface area contributed by atoms with Gasteiger partial charge in [0.25, 0.3) is 0 Å². The summed E-state index contributed by atoms with van der Waals surface area (Å²) in [4.78, 5) is 7.12. The smallest absolute Gasteiger partial charge is 0.152 e. The summed E-state index contributed by atoms with van der Waals surface area (Å²) in [5, 5.41) is 0. The Kier molecular flexibility index (Phi) is 2.73. The van der Waals surface area contributed by atoms with Gasteiger partial charge in [0, 0.05) is 18.8 Å². The first-order valence-electron chi connectivity index (χ1n) is 8.07. The molecule has 4 aliphatic rings. The van der Waals surface area contributed by atoms with Crippen molar-refractivity contribution in [1.29, 1.82) is 0 Å². The largest absolute Gasteiger partial charge is 0.396 e. The summed E-state index contributed by atoms with van der Waals surface area (Å²) in [5.41, 5.74) is 8.07. The third-order valence-electron chi connectivity index (χ3n) is 6.00. The third kappa shape index (κ3) is 1.82. The molecule has 0 unspecified atom stereocenters. The third-order valence-corrected chi connectivity index (χ3v) is 6.00. The number of aromatic nitrogens is 1. The lowest BCUT2D eigenvalue weighted by atomic mass is 9.54. The number of nitrogens with two attached hydrogens (primary N) is 1. The van der Waals surface area contributed by atoms with Crippen molar-refractivity contribution in [2.45, 2.75) is 45.1 Å². The molecule has 0 atom stereocenters. The predicted octanol–water partition coefficient (Wildman–Crippen LogP) is 3.23. The molecule has 0 spiro atoms. The first kappa shape index (κ1) is 12.5. The number of hydrogen-bond acceptors (Lipinski definition) is 3. The molecule has 0 aromatic carbocycles. The zero-order valence-corrected chi connectivity index (χ0v) is 12.5. The van der Waals surface area contributed by atoms with Crippen LogP contribution in [0.3, 0.4) is 0 Å². The van der Waals surface area contributed by atoms with Crippen LogP contribution < -0.4 is 10.6 Å². The molecule has 1 aromatic rings. The van der Waals surface area contributed by atoms with Gasteiger partial charge in [-0.05, 0) is 74.8 Å². The first-order chi connectivity index (χ1) is 9.61. The summed E-state index contributed by atoms with van der Waals surface area (Å²) in [6.45, 7) is 2.05. The van der Waals surface area contributed by atoms with Crippen LogP contribution in [0.1, 0.15) is 37.8 Å². The van der Waals surface area contributed by atoms with Crippen LogP contribution in [0.2, 0.25) is 0 Å². The van der Waals surface area contributed by atoms with E-state index >= 15 is 0 Å². The minimum atomic E-state index is 0.666. The highest BCUT2D eigenvalue weighted by molar-refractivity contribution is 5.63. The van der Waals surface area contributed by atoms with Gasteiger partial charge in [-0.25, -0.2) is 4.98 Å². The molecule has 3 heteroatoms. The van der Waals surface area contributed by atoms with Crippen LogP contribution >= 0.6 is 0 Å². The minimum absolute atomic E-state index is 0.666. The fourth-order valence-corrected chi connectivity index (χ4v) is 5.51. The van der Waals surface area contributed by atoms with Gasteiger partial charge in [-0.1, -0.05) is 0 Å². The molecule has 4 fully saturated rings. The maximum atomic E-state index is 6.18. The van der Waals surface area contributed by atoms with Crippen molar-refractivity contribution in [3.63, 3.8) is 0 Å². The Morgan fingerprint density at radius 3 is 2.25 bits per heavy atom. The summed E-state index contributed by atoms with van der Waals surface area (Å²) in [7, 11) is 2.21. The van der Waals surface area contributed by atoms with E-state index in [4.69, 9.17) is 10.7 Å². The maximum absolute atomic E-state index is 6.18. The summed E-state index contributed by atoms with van der Waals surface area (Å²) < 4.78 is 0. The van der Waals surface area contributed by atoms with Crippen LogP contribution in [0.4, 0.5) is 11.5 Å². The molecule has 1 heterocycles. The van der Waals surface area contributed by atoms with Gasteiger partial charge >= 0.3 is 0 Å². The highest BCUT2D eigenvalue weighted by Crippen LogP contribution is 2.55. The Bertz CT molecular complexity index is 497. The fourth-order valence-electron chi connectivity index (χ4n) is 5.51. The van der Waals surface area contributed by atoms with Crippen molar-refractivity contribution in [2.24, 2.45) is 23.7 Å². The number of rotatable bonds is 2. The zero-order valence-electron chi connectivity index (χ0n) is 12.5. The molecule has 2 N–H and O–H groups in total. The molecule has 0 aliphatic heterocycles. The molecule has 108 valence electrons. The Hall–Kier alpha value is -1.25. The van der Waals surface area contributed by atoms with Crippen molar-refractivity contribution >= 4 is 11.5 Å². The summed E-state index contributed by atoms with van der Waals surface area (Å²) in [5.74, 6) is 4.79. The summed E-state index contributed by atoms with van der Waals surface area (Å²) in [6.07, 6.45) is 7.26. The monoisotopic (exact) mass is 271 g/mol. The van der Waals surface area contributed by atoms with Crippen molar-refractivity contribution in [3.05, 3.63) is 17.8 Å². The van der Waals surface area contributed by atoms with Crippen LogP contribution in [0.25, 0.3) is 0 Å². The van der Waals surface area contributed by atoms with Crippen molar-refractivity contribution in [3.8, 4) is 0 Å². The highest BCUT2D eigenvalue weighted by Gasteiger charge is 2.49. The maximum Gasteiger partial charge on any atom is 0.152 e. The Balaban J connectivity index is 1.65. The molecule has 5 rings (SSSR count). The molecule has 4 bridgehead atoms. The number of pyridine rings is 1. The second-order valence-corrected chi connectivity index (χ2v) is 7.40. The minimum Gasteiger partial charge on any atom is -0.396 e. The van der Waals surface area contributed by atoms with Gasteiger partial charge in [-0.3, -0.25) is 0 Å². The van der Waals surface area contributed by atoms with Crippen molar-refractivity contribution in [1.82, 2.24) is 4.98 Å². The molecular formula is C17H25N3. The van der Waals surface area contributed by atoms with E-state index in [-0.39, 0.29) is 0 Å². The first-order valence-corrected chi connectivity index (χ1v) is 8.07. The highest BCUT2D eigenvalue weighted by atomic mass is 15.2. The van der Waals surface area contributed by atoms with Crippen molar-refractivity contribution < 1.29 is 0 Å². The molecule has 20 heavy (non-hydrogen) atoms. The van der Waals surface area contributed by atoms with Crippen LogP contribution in [0, 0.1) is 30.6 Å². The van der Waals surface area contributed by atoms with E-state index in [1.807, 2.05) is 19.1 Å². The average molecular weight is 271 g/mol. The van der Waals surface area contributed by atoms with Gasteiger partial charge in [0.05, 0.1) is 5.69 Å². The van der Waals surface area contributed by atoms with E-state index < -0.39 is 0 Å². The van der Waals surface area contributed by atoms with E-state index in [9.17, 15) is 0 Å². The number of hydrogen-bond donors (Lipinski definition) is 1. The summed E-state index contributed by atoms with van der Waals surface area (Å²) >= 11 is 0. The lowest BCUT2D eigenvalue weighted by Gasteiger charge is -2.56. The molecule has 4 saturated carbocycles. The average Bonchev–Trinajstić information content (AvgIpc) is 2.40. The molecule has 3 nitrogen and oxygen atoms in total. The second-order valence-electron chi connectivity index (χ2n) is 7.40. The fraction of sp³-hybridized carbons (Fsp3) is 0.706. The normalized spacial score (nSPS) is 38.2. The number of aryl methyl sites for hydroxylation is 1. The van der Waals surface area contributed by atoms with Crippen LogP contribution in [0.15, 0.2) is 12.1 Å². The van der Waals surface area contributed by atoms with Crippen molar-refractivity contribution in [2.75, 3.05) is 17.7 Å². The number of anilines is 2. The zero-order chi connectivity index (χ0) is 13.9. The van der Waals surface area contributed by atoms with Gasteiger partial charge in [0.1, 0.15) is 0 Å². The van der Waals surface area contributed by atoms with Gasteiger partial charge in [0.2, 0.25) is 0 Å². The van der Waals surface area contributed by atoms with Gasteiger partial charge in [0.15, 0.2) is 5.82 Å². The molecule has 4 aliphatic carbocycles. The van der Waals surface area contributed by atoms with E-state index in [0.717, 1.165) is 40.9 Å². The quantitative estimate of drug-likeness (QED) is 0.898. The topological polar surface area (TPSA) is 42.1 Å². The van der Waals surface area contributed by atoms with Crippen LogP contribution in [-0.2, 0) is 0 Å². The molecule has 1 aromatic heterocycles. The number of nitrogens with zero attached hydrogens (tertiary/aromatic N) is 2. The lowest BCUT2D eigenvalue weighted by molar-refractivity contribution is -0.00139. The predicted molar refractivity (Wildman–Crippen MR) is 82.6 cm³/mol. The molecule has 0 amide bonds. The van der Waals surface area contributed by atoms with Crippen LogP contribution in [0.5, 0.6) is 0 Å². The second kappa shape index (κ2) is 4.37. The molecule has 0 saturated heterocycles. The number of nitrogen functional groups attached to an aromatic ring is 1. The van der Waals surface area contributed by atoms with E-state index in [0.29, 0.717) is 6.04 Å². The SMILES string of the molecule is Cc1ccc(N)c(N(C)C2C3CC4CC(C3)CC2C4)n1. The van der Waals surface area contributed by atoms with Gasteiger partial charge in [-0.2, -0.15) is 0 Å². The lowest BCUT2D eigenvalue weighted by Crippen LogP contribution is -2.55. The summed E-state index contributed by atoms with van der Waals surface area (Å²) in [6, 6.07) is 4.67.